The average Bonchev–Trinajstić information content (AvgIpc) is 2.95. The Balaban J connectivity index is 1.95. The topological polar surface area (TPSA) is 80.1 Å². The number of nitrogens with one attached hydrogen (secondary N) is 1. The summed E-state index contributed by atoms with van der Waals surface area (Å²) in [6, 6.07) is 0.256. The van der Waals surface area contributed by atoms with Gasteiger partial charge < -0.3 is 10.2 Å². The van der Waals surface area contributed by atoms with Crippen LogP contribution in [0.3, 0.4) is 0 Å². The summed E-state index contributed by atoms with van der Waals surface area (Å²) in [4.78, 5) is 26.1. The summed E-state index contributed by atoms with van der Waals surface area (Å²) in [6.07, 6.45) is 3.36. The molecule has 0 radical (unpaired) electrons. The molecule has 7 nitrogen and oxygen atoms in total. The van der Waals surface area contributed by atoms with E-state index in [2.05, 4.69) is 15.6 Å². The van der Waals surface area contributed by atoms with Crippen molar-refractivity contribution < 1.29 is 9.59 Å². The van der Waals surface area contributed by atoms with Gasteiger partial charge in [0.15, 0.2) is 5.69 Å². The van der Waals surface area contributed by atoms with Gasteiger partial charge in [-0.2, -0.15) is 0 Å². The first-order valence-electron chi connectivity index (χ1n) is 8.20. The second-order valence-corrected chi connectivity index (χ2v) is 7.49. The number of nitrogens with zero attached hydrogens (tertiary/aromatic N) is 4. The van der Waals surface area contributed by atoms with Gasteiger partial charge in [0.05, 0.1) is 12.2 Å². The summed E-state index contributed by atoms with van der Waals surface area (Å²) in [7, 11) is 0. The van der Waals surface area contributed by atoms with Crippen LogP contribution in [0.5, 0.6) is 0 Å². The van der Waals surface area contributed by atoms with E-state index in [0.717, 1.165) is 12.8 Å². The van der Waals surface area contributed by atoms with Crippen molar-refractivity contribution in [3.63, 3.8) is 0 Å². The maximum absolute atomic E-state index is 12.3. The van der Waals surface area contributed by atoms with E-state index in [1.807, 2.05) is 39.5 Å². The summed E-state index contributed by atoms with van der Waals surface area (Å²) in [5.74, 6) is -0.0156. The second-order valence-electron chi connectivity index (χ2n) is 7.49. The Morgan fingerprint density at radius 1 is 1.26 bits per heavy atom. The third-order valence-electron chi connectivity index (χ3n) is 3.93. The van der Waals surface area contributed by atoms with Gasteiger partial charge in [0.2, 0.25) is 5.91 Å². The molecule has 2 heterocycles. The van der Waals surface area contributed by atoms with Crippen molar-refractivity contribution >= 4 is 11.8 Å². The standard InChI is InChI=1S/C16H27N5O2/c1-11(2)17-14(22)13-10-21(19-18-13)12-6-8-20(9-7-12)15(23)16(3,4)5/h10-12H,6-9H2,1-5H3,(H,17,22). The van der Waals surface area contributed by atoms with Crippen molar-refractivity contribution in [2.45, 2.75) is 59.5 Å². The van der Waals surface area contributed by atoms with Gasteiger partial charge in [0.25, 0.3) is 5.91 Å². The third kappa shape index (κ3) is 4.30. The van der Waals surface area contributed by atoms with Crippen molar-refractivity contribution in [1.82, 2.24) is 25.2 Å². The van der Waals surface area contributed by atoms with Gasteiger partial charge in [-0.25, -0.2) is 4.68 Å². The Bertz CT molecular complexity index is 565. The van der Waals surface area contributed by atoms with Crippen LogP contribution in [0.25, 0.3) is 0 Å². The molecule has 1 aromatic heterocycles. The van der Waals surface area contributed by atoms with Crippen LogP contribution in [0.2, 0.25) is 0 Å². The Morgan fingerprint density at radius 3 is 2.39 bits per heavy atom. The first-order valence-corrected chi connectivity index (χ1v) is 8.20. The average molecular weight is 321 g/mol. The fourth-order valence-electron chi connectivity index (χ4n) is 2.70. The number of aromatic nitrogens is 3. The van der Waals surface area contributed by atoms with Crippen molar-refractivity contribution in [3.8, 4) is 0 Å². The van der Waals surface area contributed by atoms with Crippen molar-refractivity contribution in [3.05, 3.63) is 11.9 Å². The van der Waals surface area contributed by atoms with E-state index in [0.29, 0.717) is 18.8 Å². The molecule has 0 aromatic carbocycles. The van der Waals surface area contributed by atoms with E-state index in [9.17, 15) is 9.59 Å². The number of carbonyl (C=O) groups excluding carboxylic acids is 2. The highest BCUT2D eigenvalue weighted by Crippen LogP contribution is 2.25. The van der Waals surface area contributed by atoms with E-state index in [1.54, 1.807) is 10.9 Å². The molecule has 0 bridgehead atoms. The summed E-state index contributed by atoms with van der Waals surface area (Å²) < 4.78 is 1.76. The molecule has 0 unspecified atom stereocenters. The summed E-state index contributed by atoms with van der Waals surface area (Å²) in [5.41, 5.74) is -0.00532. The maximum Gasteiger partial charge on any atom is 0.273 e. The predicted octanol–water partition coefficient (Wildman–Crippen LogP) is 1.63. The Morgan fingerprint density at radius 2 is 1.87 bits per heavy atom. The van der Waals surface area contributed by atoms with Gasteiger partial charge in [-0.15, -0.1) is 5.10 Å². The maximum atomic E-state index is 12.3. The minimum Gasteiger partial charge on any atom is -0.348 e. The first-order chi connectivity index (χ1) is 10.7. The lowest BCUT2D eigenvalue weighted by atomic mass is 9.93. The van der Waals surface area contributed by atoms with Crippen LogP contribution in [0.1, 0.15) is 64.0 Å². The predicted molar refractivity (Wildman–Crippen MR) is 86.9 cm³/mol. The molecule has 0 aliphatic carbocycles. The van der Waals surface area contributed by atoms with E-state index in [4.69, 9.17) is 0 Å². The van der Waals surface area contributed by atoms with Crippen LogP contribution in [-0.4, -0.2) is 50.8 Å². The van der Waals surface area contributed by atoms with Gasteiger partial charge in [0, 0.05) is 24.5 Å². The fraction of sp³-hybridized carbons (Fsp3) is 0.750. The summed E-state index contributed by atoms with van der Waals surface area (Å²) in [5, 5.41) is 10.9. The second kappa shape index (κ2) is 6.68. The van der Waals surface area contributed by atoms with Crippen LogP contribution in [0.15, 0.2) is 6.20 Å². The lowest BCUT2D eigenvalue weighted by molar-refractivity contribution is -0.140. The molecule has 1 saturated heterocycles. The molecule has 2 amide bonds. The molecule has 1 fully saturated rings. The van der Waals surface area contributed by atoms with Gasteiger partial charge in [-0.05, 0) is 26.7 Å². The summed E-state index contributed by atoms with van der Waals surface area (Å²) in [6.45, 7) is 11.1. The Labute approximate surface area is 137 Å². The highest BCUT2D eigenvalue weighted by atomic mass is 16.2. The number of piperidine rings is 1. The lowest BCUT2D eigenvalue weighted by Crippen LogP contribution is -2.44. The lowest BCUT2D eigenvalue weighted by Gasteiger charge is -2.35. The summed E-state index contributed by atoms with van der Waals surface area (Å²) >= 11 is 0. The largest absolute Gasteiger partial charge is 0.348 e. The highest BCUT2D eigenvalue weighted by molar-refractivity contribution is 5.92. The number of hydrogen-bond acceptors (Lipinski definition) is 4. The number of likely N-dealkylation sites (tertiary alicyclic amines) is 1. The molecule has 0 spiro atoms. The van der Waals surface area contributed by atoms with Gasteiger partial charge >= 0.3 is 0 Å². The molecule has 128 valence electrons. The minimum absolute atomic E-state index is 0.0688. The zero-order chi connectivity index (χ0) is 17.2. The molecule has 1 aromatic rings. The number of carbonyl (C=O) groups is 2. The van der Waals surface area contributed by atoms with Gasteiger partial charge in [0.1, 0.15) is 0 Å². The van der Waals surface area contributed by atoms with Crippen LogP contribution in [0.4, 0.5) is 0 Å². The molecular weight excluding hydrogens is 294 g/mol. The Kier molecular flexibility index (Phi) is 5.06. The molecule has 1 N–H and O–H groups in total. The van der Waals surface area contributed by atoms with Gasteiger partial charge in [-0.1, -0.05) is 26.0 Å². The number of amides is 2. The fourth-order valence-corrected chi connectivity index (χ4v) is 2.70. The van der Waals surface area contributed by atoms with Crippen molar-refractivity contribution in [2.75, 3.05) is 13.1 Å². The molecule has 2 rings (SSSR count). The number of rotatable bonds is 3. The van der Waals surface area contributed by atoms with Crippen LogP contribution >= 0.6 is 0 Å². The van der Waals surface area contributed by atoms with Crippen LogP contribution in [0, 0.1) is 5.41 Å². The molecule has 7 heteroatoms. The third-order valence-corrected chi connectivity index (χ3v) is 3.93. The van der Waals surface area contributed by atoms with E-state index in [1.165, 1.54) is 0 Å². The van der Waals surface area contributed by atoms with E-state index < -0.39 is 0 Å². The van der Waals surface area contributed by atoms with E-state index >= 15 is 0 Å². The normalized spacial score (nSPS) is 16.7. The number of hydrogen-bond donors (Lipinski definition) is 1. The van der Waals surface area contributed by atoms with E-state index in [-0.39, 0.29) is 29.3 Å². The molecule has 0 atom stereocenters. The van der Waals surface area contributed by atoms with Gasteiger partial charge in [-0.3, -0.25) is 9.59 Å². The SMILES string of the molecule is CC(C)NC(=O)c1cn(C2CCN(C(=O)C(C)(C)C)CC2)nn1. The molecular formula is C16H27N5O2. The highest BCUT2D eigenvalue weighted by Gasteiger charge is 2.31. The molecule has 0 saturated carbocycles. The van der Waals surface area contributed by atoms with Crippen LogP contribution in [-0.2, 0) is 4.79 Å². The minimum atomic E-state index is -0.345. The molecule has 1 aliphatic heterocycles. The Hall–Kier alpha value is -1.92. The quantitative estimate of drug-likeness (QED) is 0.917. The van der Waals surface area contributed by atoms with Crippen molar-refractivity contribution in [2.24, 2.45) is 5.41 Å². The first kappa shape index (κ1) is 17.4. The van der Waals surface area contributed by atoms with Crippen LogP contribution < -0.4 is 5.32 Å². The zero-order valence-corrected chi connectivity index (χ0v) is 14.7. The molecule has 1 aliphatic rings. The molecule has 23 heavy (non-hydrogen) atoms. The smallest absolute Gasteiger partial charge is 0.273 e. The monoisotopic (exact) mass is 321 g/mol. The van der Waals surface area contributed by atoms with Crippen molar-refractivity contribution in [1.29, 1.82) is 0 Å². The zero-order valence-electron chi connectivity index (χ0n) is 14.7.